The van der Waals surface area contributed by atoms with Crippen molar-refractivity contribution in [2.75, 3.05) is 11.1 Å². The number of anilines is 2. The first-order valence-corrected chi connectivity index (χ1v) is 7.95. The van der Waals surface area contributed by atoms with Crippen LogP contribution in [0.3, 0.4) is 0 Å². The minimum absolute atomic E-state index is 0.278. The fourth-order valence-electron chi connectivity index (χ4n) is 2.77. The monoisotopic (exact) mass is 337 g/mol. The van der Waals surface area contributed by atoms with Crippen LogP contribution in [0.15, 0.2) is 36.8 Å². The zero-order valence-corrected chi connectivity index (χ0v) is 13.5. The number of nitrogens with zero attached hydrogens (tertiary/aromatic N) is 3. The van der Waals surface area contributed by atoms with Gasteiger partial charge in [-0.2, -0.15) is 0 Å². The zero-order valence-electron chi connectivity index (χ0n) is 13.5. The Morgan fingerprint density at radius 1 is 1.36 bits per heavy atom. The van der Waals surface area contributed by atoms with Gasteiger partial charge in [-0.05, 0) is 42.5 Å². The van der Waals surface area contributed by atoms with E-state index in [0.29, 0.717) is 22.7 Å². The van der Waals surface area contributed by atoms with E-state index in [1.807, 2.05) is 19.1 Å². The molecule has 0 bridgehead atoms. The van der Waals surface area contributed by atoms with Crippen molar-refractivity contribution < 1.29 is 9.18 Å². The molecule has 4 rings (SSSR count). The average Bonchev–Trinajstić information content (AvgIpc) is 3.32. The molecule has 0 radical (unpaired) electrons. The Bertz CT molecular complexity index is 990. The molecule has 0 spiro atoms. The lowest BCUT2D eigenvalue weighted by molar-refractivity contribution is -0.117. The molecule has 25 heavy (non-hydrogen) atoms. The van der Waals surface area contributed by atoms with E-state index >= 15 is 0 Å². The van der Waals surface area contributed by atoms with Gasteiger partial charge in [-0.1, -0.05) is 0 Å². The van der Waals surface area contributed by atoms with Crippen molar-refractivity contribution in [1.82, 2.24) is 15.0 Å². The summed E-state index contributed by atoms with van der Waals surface area (Å²) in [5.74, 6) is -0.179. The van der Waals surface area contributed by atoms with E-state index in [1.54, 1.807) is 24.7 Å². The van der Waals surface area contributed by atoms with Crippen LogP contribution in [-0.4, -0.2) is 27.0 Å². The number of rotatable bonds is 3. The van der Waals surface area contributed by atoms with E-state index in [-0.39, 0.29) is 12.3 Å². The molecule has 3 heterocycles. The lowest BCUT2D eigenvalue weighted by Crippen LogP contribution is -2.15. The van der Waals surface area contributed by atoms with E-state index in [2.05, 4.69) is 20.3 Å². The number of nitrogen functional groups attached to an aromatic ring is 1. The Hall–Kier alpha value is -3.09. The van der Waals surface area contributed by atoms with Gasteiger partial charge >= 0.3 is 0 Å². The molecular weight excluding hydrogens is 321 g/mol. The average molecular weight is 337 g/mol. The molecule has 1 aliphatic carbocycles. The summed E-state index contributed by atoms with van der Waals surface area (Å²) in [5.41, 5.74) is 8.68. The highest BCUT2D eigenvalue weighted by molar-refractivity contribution is 5.98. The van der Waals surface area contributed by atoms with Crippen LogP contribution < -0.4 is 11.1 Å². The normalized spacial score (nSPS) is 19.0. The maximum Gasteiger partial charge on any atom is 0.231 e. The van der Waals surface area contributed by atoms with E-state index in [9.17, 15) is 9.18 Å². The summed E-state index contributed by atoms with van der Waals surface area (Å²) in [6.07, 6.45) is 4.26. The first kappa shape index (κ1) is 15.4. The van der Waals surface area contributed by atoms with Gasteiger partial charge in [0.1, 0.15) is 17.8 Å². The summed E-state index contributed by atoms with van der Waals surface area (Å²) in [7, 11) is 0. The summed E-state index contributed by atoms with van der Waals surface area (Å²) in [6.45, 7) is 1.97. The highest BCUT2D eigenvalue weighted by atomic mass is 19.1. The molecule has 2 atom stereocenters. The molecule has 1 saturated carbocycles. The van der Waals surface area contributed by atoms with Gasteiger partial charge in [-0.15, -0.1) is 0 Å². The third kappa shape index (κ3) is 2.88. The number of nitrogens with one attached hydrogen (secondary N) is 1. The topological polar surface area (TPSA) is 93.8 Å². The summed E-state index contributed by atoms with van der Waals surface area (Å²) < 4.78 is 13.0. The molecule has 1 aliphatic rings. The van der Waals surface area contributed by atoms with Gasteiger partial charge < -0.3 is 11.1 Å². The van der Waals surface area contributed by atoms with Crippen molar-refractivity contribution in [3.05, 3.63) is 42.4 Å². The summed E-state index contributed by atoms with van der Waals surface area (Å²) >= 11 is 0. The quantitative estimate of drug-likeness (QED) is 0.766. The number of alkyl halides is 1. The van der Waals surface area contributed by atoms with Crippen LogP contribution in [0.5, 0.6) is 0 Å². The standard InChI is InChI=1S/C18H16FN5O/c1-9-2-3-21-7-12(9)15-4-10-5-16(22-8-13(10)17(20)23-15)24-18(25)11-6-14(11)19/h2-5,7-8,11,14H,6H2,1H3,(H2,20,23)(H,22,24,25)/t11-,14-/m0/s1. The van der Waals surface area contributed by atoms with E-state index in [1.165, 1.54) is 0 Å². The minimum atomic E-state index is -1.04. The van der Waals surface area contributed by atoms with Crippen LogP contribution in [0, 0.1) is 12.8 Å². The minimum Gasteiger partial charge on any atom is -0.383 e. The van der Waals surface area contributed by atoms with E-state index < -0.39 is 12.1 Å². The van der Waals surface area contributed by atoms with Crippen LogP contribution >= 0.6 is 0 Å². The van der Waals surface area contributed by atoms with Crippen molar-refractivity contribution >= 4 is 28.3 Å². The van der Waals surface area contributed by atoms with Gasteiger partial charge in [0.05, 0.1) is 11.6 Å². The van der Waals surface area contributed by atoms with Crippen molar-refractivity contribution in [3.63, 3.8) is 0 Å². The molecule has 6 nitrogen and oxygen atoms in total. The second kappa shape index (κ2) is 5.77. The second-order valence-electron chi connectivity index (χ2n) is 6.22. The number of halogens is 1. The molecule has 7 heteroatoms. The fraction of sp³-hybridized carbons (Fsp3) is 0.222. The molecule has 1 amide bonds. The molecule has 3 N–H and O–H groups in total. The maximum atomic E-state index is 13.0. The summed E-state index contributed by atoms with van der Waals surface area (Å²) in [5, 5.41) is 4.14. The van der Waals surface area contributed by atoms with Crippen LogP contribution in [0.25, 0.3) is 22.0 Å². The van der Waals surface area contributed by atoms with Crippen molar-refractivity contribution in [3.8, 4) is 11.3 Å². The van der Waals surface area contributed by atoms with Crippen LogP contribution in [0.1, 0.15) is 12.0 Å². The number of hydrogen-bond acceptors (Lipinski definition) is 5. The number of aryl methyl sites for hydroxylation is 1. The van der Waals surface area contributed by atoms with Gasteiger partial charge in [-0.3, -0.25) is 9.78 Å². The van der Waals surface area contributed by atoms with Gasteiger partial charge in [0.2, 0.25) is 5.91 Å². The Morgan fingerprint density at radius 2 is 2.16 bits per heavy atom. The lowest BCUT2D eigenvalue weighted by Gasteiger charge is -2.10. The first-order valence-electron chi connectivity index (χ1n) is 7.95. The highest BCUT2D eigenvalue weighted by Crippen LogP contribution is 2.35. The third-order valence-corrected chi connectivity index (χ3v) is 4.36. The third-order valence-electron chi connectivity index (χ3n) is 4.36. The Kier molecular flexibility index (Phi) is 3.56. The predicted molar refractivity (Wildman–Crippen MR) is 93.6 cm³/mol. The second-order valence-corrected chi connectivity index (χ2v) is 6.22. The SMILES string of the molecule is Cc1ccncc1-c1cc2cc(NC(=O)[C@H]3C[C@@H]3F)ncc2c(N)n1. The van der Waals surface area contributed by atoms with Crippen molar-refractivity contribution in [2.24, 2.45) is 5.92 Å². The van der Waals surface area contributed by atoms with Crippen LogP contribution in [0.4, 0.5) is 16.0 Å². The van der Waals surface area contributed by atoms with Gasteiger partial charge in [0.15, 0.2) is 0 Å². The molecule has 0 unspecified atom stereocenters. The van der Waals surface area contributed by atoms with Crippen LogP contribution in [-0.2, 0) is 4.79 Å². The van der Waals surface area contributed by atoms with Gasteiger partial charge in [-0.25, -0.2) is 14.4 Å². The highest BCUT2D eigenvalue weighted by Gasteiger charge is 2.43. The van der Waals surface area contributed by atoms with Gasteiger partial charge in [0.25, 0.3) is 0 Å². The number of nitrogens with two attached hydrogens (primary N) is 1. The number of fused-ring (bicyclic) bond motifs is 1. The van der Waals surface area contributed by atoms with Crippen LogP contribution in [0.2, 0.25) is 0 Å². The Balaban J connectivity index is 1.73. The molecule has 3 aromatic rings. The lowest BCUT2D eigenvalue weighted by atomic mass is 10.1. The van der Waals surface area contributed by atoms with Crippen molar-refractivity contribution in [1.29, 1.82) is 0 Å². The fourth-order valence-corrected chi connectivity index (χ4v) is 2.77. The molecule has 0 aromatic carbocycles. The number of amides is 1. The van der Waals surface area contributed by atoms with Gasteiger partial charge in [0, 0.05) is 29.5 Å². The number of aromatic nitrogens is 3. The molecule has 1 fully saturated rings. The van der Waals surface area contributed by atoms with E-state index in [0.717, 1.165) is 16.5 Å². The number of carbonyl (C=O) groups excluding carboxylic acids is 1. The summed E-state index contributed by atoms with van der Waals surface area (Å²) in [4.78, 5) is 24.6. The molecule has 0 saturated heterocycles. The van der Waals surface area contributed by atoms with E-state index in [4.69, 9.17) is 5.73 Å². The number of carbonyl (C=O) groups is 1. The molecule has 0 aliphatic heterocycles. The largest absolute Gasteiger partial charge is 0.383 e. The molecule has 3 aromatic heterocycles. The molecule has 126 valence electrons. The number of hydrogen-bond donors (Lipinski definition) is 2. The van der Waals surface area contributed by atoms with Crippen molar-refractivity contribution in [2.45, 2.75) is 19.5 Å². The Morgan fingerprint density at radius 3 is 2.88 bits per heavy atom. The zero-order chi connectivity index (χ0) is 17.6. The maximum absolute atomic E-state index is 13.0. The summed E-state index contributed by atoms with van der Waals surface area (Å²) in [6, 6.07) is 5.50. The smallest absolute Gasteiger partial charge is 0.231 e. The molecular formula is C18H16FN5O. The number of pyridine rings is 3. The first-order chi connectivity index (χ1) is 12.0. The predicted octanol–water partition coefficient (Wildman–Crippen LogP) is 2.88. The Labute approximate surface area is 143 Å².